The molecule has 0 aliphatic carbocycles. The van der Waals surface area contributed by atoms with Crippen molar-refractivity contribution in [3.8, 4) is 0 Å². The van der Waals surface area contributed by atoms with Crippen LogP contribution in [0.3, 0.4) is 0 Å². The Morgan fingerprint density at radius 2 is 1.94 bits per heavy atom. The number of ether oxygens (including phenoxy) is 3. The van der Waals surface area contributed by atoms with Gasteiger partial charge in [0, 0.05) is 13.2 Å². The summed E-state index contributed by atoms with van der Waals surface area (Å²) in [4.78, 5) is 11.3. The molecule has 0 bridgehead atoms. The van der Waals surface area contributed by atoms with Crippen LogP contribution < -0.4 is 11.5 Å². The fraction of sp³-hybridized carbons (Fsp3) is 0.909. The molecule has 0 aliphatic rings. The van der Waals surface area contributed by atoms with Crippen molar-refractivity contribution in [1.29, 1.82) is 0 Å². The third-order valence-corrected chi connectivity index (χ3v) is 1.97. The smallest absolute Gasteiger partial charge is 0.350 e. The maximum absolute atomic E-state index is 11.3. The van der Waals surface area contributed by atoms with E-state index in [1.165, 1.54) is 0 Å². The minimum absolute atomic E-state index is 0.370. The van der Waals surface area contributed by atoms with Crippen LogP contribution in [0.1, 0.15) is 26.2 Å². The molecule has 0 amide bonds. The Morgan fingerprint density at radius 3 is 2.59 bits per heavy atom. The number of rotatable bonds is 11. The third kappa shape index (κ3) is 10.2. The van der Waals surface area contributed by atoms with Crippen molar-refractivity contribution in [2.45, 2.75) is 32.4 Å². The first-order chi connectivity index (χ1) is 8.22. The highest BCUT2D eigenvalue weighted by atomic mass is 16.6. The summed E-state index contributed by atoms with van der Waals surface area (Å²) in [7, 11) is 0. The second-order valence-corrected chi connectivity index (χ2v) is 3.57. The Bertz CT molecular complexity index is 190. The summed E-state index contributed by atoms with van der Waals surface area (Å²) in [6, 6.07) is 0. The van der Waals surface area contributed by atoms with Crippen molar-refractivity contribution < 1.29 is 19.0 Å². The molecule has 17 heavy (non-hydrogen) atoms. The summed E-state index contributed by atoms with van der Waals surface area (Å²) in [5, 5.41) is 0. The van der Waals surface area contributed by atoms with Crippen LogP contribution in [0.25, 0.3) is 0 Å². The minimum Gasteiger partial charge on any atom is -0.463 e. The van der Waals surface area contributed by atoms with Crippen LogP contribution in [0.2, 0.25) is 0 Å². The molecule has 102 valence electrons. The van der Waals surface area contributed by atoms with Crippen molar-refractivity contribution in [1.82, 2.24) is 0 Å². The fourth-order valence-electron chi connectivity index (χ4n) is 1.02. The molecule has 0 fully saturated rings. The SMILES string of the molecule is CCCCOC(=O)C(N)OCCCOCCN. The van der Waals surface area contributed by atoms with Crippen LogP contribution in [0, 0.1) is 0 Å². The number of carbonyl (C=O) groups excluding carboxylic acids is 1. The standard InChI is InChI=1S/C11H24N2O4/c1-2-3-7-17-11(14)10(13)16-8-4-6-15-9-5-12/h10H,2-9,12-13H2,1H3. The fourth-order valence-corrected chi connectivity index (χ4v) is 1.02. The van der Waals surface area contributed by atoms with Gasteiger partial charge in [-0.25, -0.2) is 4.79 Å². The Balaban J connectivity index is 3.37. The first-order valence-electron chi connectivity index (χ1n) is 6.04. The van der Waals surface area contributed by atoms with Crippen molar-refractivity contribution in [2.75, 3.05) is 33.0 Å². The van der Waals surface area contributed by atoms with Crippen LogP contribution >= 0.6 is 0 Å². The Hall–Kier alpha value is -0.690. The molecule has 0 spiro atoms. The number of nitrogens with two attached hydrogens (primary N) is 2. The molecule has 0 aromatic rings. The van der Waals surface area contributed by atoms with Gasteiger partial charge in [0.05, 0.1) is 19.8 Å². The largest absolute Gasteiger partial charge is 0.463 e. The van der Waals surface area contributed by atoms with Crippen LogP contribution in [0.4, 0.5) is 0 Å². The maximum Gasteiger partial charge on any atom is 0.350 e. The van der Waals surface area contributed by atoms with Gasteiger partial charge in [0.25, 0.3) is 0 Å². The Morgan fingerprint density at radius 1 is 1.18 bits per heavy atom. The van der Waals surface area contributed by atoms with E-state index in [1.54, 1.807) is 0 Å². The van der Waals surface area contributed by atoms with Crippen LogP contribution in [-0.2, 0) is 19.0 Å². The van der Waals surface area contributed by atoms with Gasteiger partial charge in [0.2, 0.25) is 6.23 Å². The molecule has 0 aromatic carbocycles. The van der Waals surface area contributed by atoms with Gasteiger partial charge >= 0.3 is 5.97 Å². The zero-order valence-electron chi connectivity index (χ0n) is 10.5. The number of hydrogen-bond acceptors (Lipinski definition) is 6. The lowest BCUT2D eigenvalue weighted by Crippen LogP contribution is -2.35. The van der Waals surface area contributed by atoms with Gasteiger partial charge in [-0.3, -0.25) is 5.73 Å². The lowest BCUT2D eigenvalue weighted by molar-refractivity contribution is -0.157. The normalized spacial score (nSPS) is 12.4. The molecule has 0 saturated carbocycles. The average Bonchev–Trinajstić information content (AvgIpc) is 2.33. The van der Waals surface area contributed by atoms with E-state index >= 15 is 0 Å². The molecular weight excluding hydrogens is 224 g/mol. The summed E-state index contributed by atoms with van der Waals surface area (Å²) < 4.78 is 15.2. The highest BCUT2D eigenvalue weighted by molar-refractivity contribution is 5.73. The third-order valence-electron chi connectivity index (χ3n) is 1.97. The number of esters is 1. The van der Waals surface area contributed by atoms with Crippen LogP contribution in [0.5, 0.6) is 0 Å². The van der Waals surface area contributed by atoms with E-state index in [0.717, 1.165) is 12.8 Å². The van der Waals surface area contributed by atoms with Crippen LogP contribution in [-0.4, -0.2) is 45.2 Å². The molecule has 0 heterocycles. The predicted molar refractivity (Wildman–Crippen MR) is 64.3 cm³/mol. The molecule has 0 aromatic heterocycles. The Labute approximate surface area is 103 Å². The van der Waals surface area contributed by atoms with Gasteiger partial charge in [-0.2, -0.15) is 0 Å². The van der Waals surface area contributed by atoms with Crippen molar-refractivity contribution in [3.63, 3.8) is 0 Å². The highest BCUT2D eigenvalue weighted by Gasteiger charge is 2.14. The van der Waals surface area contributed by atoms with Gasteiger partial charge in [-0.1, -0.05) is 13.3 Å². The van der Waals surface area contributed by atoms with E-state index in [4.69, 9.17) is 25.7 Å². The number of hydrogen-bond donors (Lipinski definition) is 2. The maximum atomic E-state index is 11.3. The van der Waals surface area contributed by atoms with Crippen molar-refractivity contribution in [3.05, 3.63) is 0 Å². The highest BCUT2D eigenvalue weighted by Crippen LogP contribution is 1.94. The second kappa shape index (κ2) is 11.8. The molecule has 0 radical (unpaired) electrons. The summed E-state index contributed by atoms with van der Waals surface area (Å²) in [6.07, 6.45) is 1.49. The average molecular weight is 248 g/mol. The van der Waals surface area contributed by atoms with E-state index in [0.29, 0.717) is 39.4 Å². The zero-order valence-corrected chi connectivity index (χ0v) is 10.5. The number of carbonyl (C=O) groups is 1. The summed E-state index contributed by atoms with van der Waals surface area (Å²) in [5.74, 6) is -0.513. The molecule has 6 nitrogen and oxygen atoms in total. The van der Waals surface area contributed by atoms with Gasteiger partial charge in [0.1, 0.15) is 0 Å². The lowest BCUT2D eigenvalue weighted by atomic mass is 10.4. The van der Waals surface area contributed by atoms with E-state index in [-0.39, 0.29) is 0 Å². The summed E-state index contributed by atoms with van der Waals surface area (Å²) >= 11 is 0. The van der Waals surface area contributed by atoms with E-state index in [9.17, 15) is 4.79 Å². The first-order valence-corrected chi connectivity index (χ1v) is 6.04. The summed E-state index contributed by atoms with van der Waals surface area (Å²) in [5.41, 5.74) is 10.7. The zero-order chi connectivity index (χ0) is 12.9. The van der Waals surface area contributed by atoms with E-state index in [2.05, 4.69) is 0 Å². The molecule has 0 saturated heterocycles. The van der Waals surface area contributed by atoms with E-state index in [1.807, 2.05) is 6.92 Å². The molecule has 0 aliphatic heterocycles. The van der Waals surface area contributed by atoms with Gasteiger partial charge in [0.15, 0.2) is 0 Å². The summed E-state index contributed by atoms with van der Waals surface area (Å²) in [6.45, 7) is 4.37. The first kappa shape index (κ1) is 16.3. The molecule has 6 heteroatoms. The van der Waals surface area contributed by atoms with Gasteiger partial charge in [-0.15, -0.1) is 0 Å². The molecule has 4 N–H and O–H groups in total. The molecule has 1 atom stereocenters. The van der Waals surface area contributed by atoms with E-state index < -0.39 is 12.2 Å². The van der Waals surface area contributed by atoms with Crippen molar-refractivity contribution in [2.24, 2.45) is 11.5 Å². The quantitative estimate of drug-likeness (QED) is 0.303. The molecule has 1 unspecified atom stereocenters. The van der Waals surface area contributed by atoms with Gasteiger partial charge in [-0.05, 0) is 12.8 Å². The van der Waals surface area contributed by atoms with Gasteiger partial charge < -0.3 is 19.9 Å². The Kier molecular flexibility index (Phi) is 11.3. The topological polar surface area (TPSA) is 96.8 Å². The molecular formula is C11H24N2O4. The van der Waals surface area contributed by atoms with Crippen LogP contribution in [0.15, 0.2) is 0 Å². The predicted octanol–water partition coefficient (Wildman–Crippen LogP) is -0.00350. The molecule has 0 rings (SSSR count). The minimum atomic E-state index is -0.999. The second-order valence-electron chi connectivity index (χ2n) is 3.57. The monoisotopic (exact) mass is 248 g/mol. The number of unbranched alkanes of at least 4 members (excludes halogenated alkanes) is 1. The van der Waals surface area contributed by atoms with Crippen molar-refractivity contribution >= 4 is 5.97 Å². The lowest BCUT2D eigenvalue weighted by Gasteiger charge is -2.12.